The Labute approximate surface area is 87.7 Å². The van der Waals surface area contributed by atoms with E-state index in [0.717, 1.165) is 26.2 Å². The maximum Gasteiger partial charge on any atom is 0.0281 e. The van der Waals surface area contributed by atoms with E-state index >= 15 is 0 Å². The third-order valence-corrected chi connectivity index (χ3v) is 2.80. The molecule has 0 aliphatic carbocycles. The molecule has 0 bridgehead atoms. The summed E-state index contributed by atoms with van der Waals surface area (Å²) in [7, 11) is 0. The van der Waals surface area contributed by atoms with Crippen molar-refractivity contribution in [2.75, 3.05) is 26.2 Å². The lowest BCUT2D eigenvalue weighted by molar-refractivity contribution is 0.238. The SMILES string of the molecule is C=CCN(CC=C)CC1(C)CCCN1. The zero-order valence-electron chi connectivity index (χ0n) is 9.26. The van der Waals surface area contributed by atoms with E-state index in [0.29, 0.717) is 5.54 Å². The quantitative estimate of drug-likeness (QED) is 0.649. The standard InChI is InChI=1S/C12H22N2/c1-4-9-14(10-5-2)11-12(3)7-6-8-13-12/h4-5,13H,1-2,6-11H2,3H3. The van der Waals surface area contributed by atoms with E-state index in [1.54, 1.807) is 0 Å². The second-order valence-electron chi connectivity index (χ2n) is 4.36. The molecule has 80 valence electrons. The fourth-order valence-electron chi connectivity index (χ4n) is 2.15. The molecule has 2 heteroatoms. The highest BCUT2D eigenvalue weighted by atomic mass is 15.2. The Bertz CT molecular complexity index is 182. The van der Waals surface area contributed by atoms with Gasteiger partial charge in [-0.15, -0.1) is 13.2 Å². The normalized spacial score (nSPS) is 26.7. The second-order valence-corrected chi connectivity index (χ2v) is 4.36. The molecule has 0 aromatic heterocycles. The van der Waals surface area contributed by atoms with Crippen molar-refractivity contribution < 1.29 is 0 Å². The Morgan fingerprint density at radius 2 is 2.00 bits per heavy atom. The van der Waals surface area contributed by atoms with Gasteiger partial charge in [-0.1, -0.05) is 12.2 Å². The topological polar surface area (TPSA) is 15.3 Å². The lowest BCUT2D eigenvalue weighted by Gasteiger charge is -2.31. The molecule has 0 spiro atoms. The predicted molar refractivity (Wildman–Crippen MR) is 62.5 cm³/mol. The Hall–Kier alpha value is -0.600. The van der Waals surface area contributed by atoms with Crippen LogP contribution >= 0.6 is 0 Å². The molecule has 1 unspecified atom stereocenters. The number of hydrogen-bond donors (Lipinski definition) is 1. The molecular formula is C12H22N2. The van der Waals surface area contributed by atoms with Gasteiger partial charge in [0, 0.05) is 25.2 Å². The van der Waals surface area contributed by atoms with Crippen molar-refractivity contribution in [3.63, 3.8) is 0 Å². The van der Waals surface area contributed by atoms with E-state index in [1.165, 1.54) is 12.8 Å². The summed E-state index contributed by atoms with van der Waals surface area (Å²) in [4.78, 5) is 2.37. The van der Waals surface area contributed by atoms with E-state index in [1.807, 2.05) is 12.2 Å². The van der Waals surface area contributed by atoms with Gasteiger partial charge < -0.3 is 5.32 Å². The fraction of sp³-hybridized carbons (Fsp3) is 0.667. The van der Waals surface area contributed by atoms with Crippen LogP contribution in [0, 0.1) is 0 Å². The minimum absolute atomic E-state index is 0.298. The van der Waals surface area contributed by atoms with Crippen LogP contribution in [0.15, 0.2) is 25.3 Å². The number of hydrogen-bond acceptors (Lipinski definition) is 2. The number of rotatable bonds is 6. The van der Waals surface area contributed by atoms with Gasteiger partial charge in [-0.2, -0.15) is 0 Å². The summed E-state index contributed by atoms with van der Waals surface area (Å²) in [6.07, 6.45) is 6.49. The van der Waals surface area contributed by atoms with Crippen LogP contribution < -0.4 is 5.32 Å². The monoisotopic (exact) mass is 194 g/mol. The van der Waals surface area contributed by atoms with Crippen LogP contribution in [0.3, 0.4) is 0 Å². The van der Waals surface area contributed by atoms with Crippen molar-refractivity contribution in [1.82, 2.24) is 10.2 Å². The van der Waals surface area contributed by atoms with E-state index in [-0.39, 0.29) is 0 Å². The molecule has 1 rings (SSSR count). The van der Waals surface area contributed by atoms with Gasteiger partial charge >= 0.3 is 0 Å². The van der Waals surface area contributed by atoms with Gasteiger partial charge in [-0.3, -0.25) is 4.90 Å². The lowest BCUT2D eigenvalue weighted by atomic mass is 9.99. The summed E-state index contributed by atoms with van der Waals surface area (Å²) in [5.41, 5.74) is 0.298. The minimum Gasteiger partial charge on any atom is -0.310 e. The molecule has 0 radical (unpaired) electrons. The molecule has 1 aliphatic heterocycles. The molecule has 1 heterocycles. The smallest absolute Gasteiger partial charge is 0.0281 e. The van der Waals surface area contributed by atoms with Gasteiger partial charge in [-0.05, 0) is 26.3 Å². The lowest BCUT2D eigenvalue weighted by Crippen LogP contribution is -2.47. The summed E-state index contributed by atoms with van der Waals surface area (Å²) in [5.74, 6) is 0. The molecule has 1 saturated heterocycles. The fourth-order valence-corrected chi connectivity index (χ4v) is 2.15. The largest absolute Gasteiger partial charge is 0.310 e. The zero-order chi connectivity index (χ0) is 10.4. The summed E-state index contributed by atoms with van der Waals surface area (Å²) in [5, 5.41) is 3.57. The minimum atomic E-state index is 0.298. The van der Waals surface area contributed by atoms with Crippen LogP contribution in [0.4, 0.5) is 0 Å². The van der Waals surface area contributed by atoms with Crippen LogP contribution in [0.1, 0.15) is 19.8 Å². The van der Waals surface area contributed by atoms with Crippen molar-refractivity contribution in [3.8, 4) is 0 Å². The van der Waals surface area contributed by atoms with Crippen LogP contribution in [0.25, 0.3) is 0 Å². The van der Waals surface area contributed by atoms with E-state index in [4.69, 9.17) is 0 Å². The van der Waals surface area contributed by atoms with Crippen molar-refractivity contribution in [2.24, 2.45) is 0 Å². The summed E-state index contributed by atoms with van der Waals surface area (Å²) in [6, 6.07) is 0. The van der Waals surface area contributed by atoms with Crippen molar-refractivity contribution in [3.05, 3.63) is 25.3 Å². The maximum atomic E-state index is 3.78. The second kappa shape index (κ2) is 5.32. The summed E-state index contributed by atoms with van der Waals surface area (Å²) in [6.45, 7) is 14.0. The first-order valence-corrected chi connectivity index (χ1v) is 5.39. The molecule has 1 aliphatic rings. The average molecular weight is 194 g/mol. The van der Waals surface area contributed by atoms with E-state index < -0.39 is 0 Å². The highest BCUT2D eigenvalue weighted by molar-refractivity contribution is 4.93. The van der Waals surface area contributed by atoms with E-state index in [9.17, 15) is 0 Å². The predicted octanol–water partition coefficient (Wildman–Crippen LogP) is 1.80. The first-order valence-electron chi connectivity index (χ1n) is 5.39. The third-order valence-electron chi connectivity index (χ3n) is 2.80. The Morgan fingerprint density at radius 3 is 2.43 bits per heavy atom. The molecule has 0 aromatic rings. The Balaban J connectivity index is 2.43. The van der Waals surface area contributed by atoms with Crippen molar-refractivity contribution in [2.45, 2.75) is 25.3 Å². The van der Waals surface area contributed by atoms with E-state index in [2.05, 4.69) is 30.3 Å². The highest BCUT2D eigenvalue weighted by Crippen LogP contribution is 2.19. The van der Waals surface area contributed by atoms with Crippen molar-refractivity contribution >= 4 is 0 Å². The first kappa shape index (κ1) is 11.5. The highest BCUT2D eigenvalue weighted by Gasteiger charge is 2.29. The Kier molecular flexibility index (Phi) is 4.36. The molecule has 1 fully saturated rings. The molecule has 14 heavy (non-hydrogen) atoms. The third kappa shape index (κ3) is 3.28. The van der Waals surface area contributed by atoms with Gasteiger partial charge in [0.2, 0.25) is 0 Å². The van der Waals surface area contributed by atoms with Gasteiger partial charge in [0.25, 0.3) is 0 Å². The van der Waals surface area contributed by atoms with Crippen LogP contribution in [-0.4, -0.2) is 36.6 Å². The average Bonchev–Trinajstić information content (AvgIpc) is 2.53. The zero-order valence-corrected chi connectivity index (χ0v) is 9.26. The molecule has 0 amide bonds. The van der Waals surface area contributed by atoms with Crippen LogP contribution in [-0.2, 0) is 0 Å². The molecule has 1 atom stereocenters. The van der Waals surface area contributed by atoms with Gasteiger partial charge in [-0.25, -0.2) is 0 Å². The molecular weight excluding hydrogens is 172 g/mol. The Morgan fingerprint density at radius 1 is 1.36 bits per heavy atom. The van der Waals surface area contributed by atoms with Crippen molar-refractivity contribution in [1.29, 1.82) is 0 Å². The first-order chi connectivity index (χ1) is 6.70. The van der Waals surface area contributed by atoms with Crippen LogP contribution in [0.2, 0.25) is 0 Å². The van der Waals surface area contributed by atoms with Gasteiger partial charge in [0.05, 0.1) is 0 Å². The molecule has 0 aromatic carbocycles. The molecule has 2 nitrogen and oxygen atoms in total. The van der Waals surface area contributed by atoms with Gasteiger partial charge in [0.1, 0.15) is 0 Å². The van der Waals surface area contributed by atoms with Crippen LogP contribution in [0.5, 0.6) is 0 Å². The molecule has 1 N–H and O–H groups in total. The molecule has 0 saturated carbocycles. The summed E-state index contributed by atoms with van der Waals surface area (Å²) >= 11 is 0. The maximum absolute atomic E-state index is 3.78. The van der Waals surface area contributed by atoms with Gasteiger partial charge in [0.15, 0.2) is 0 Å². The number of nitrogens with one attached hydrogen (secondary N) is 1. The summed E-state index contributed by atoms with van der Waals surface area (Å²) < 4.78 is 0. The number of nitrogens with zero attached hydrogens (tertiary/aromatic N) is 1.